The lowest BCUT2D eigenvalue weighted by molar-refractivity contribution is -0.116. The number of nitrogens with one attached hydrogen (secondary N) is 1. The third-order valence-corrected chi connectivity index (χ3v) is 5.90. The van der Waals surface area contributed by atoms with Gasteiger partial charge in [-0.05, 0) is 38.1 Å². The SMILES string of the molecule is CCOc1ccc(-c2nc(NC(=O)Cn3cnc4c3c(=O)n(C)c(=O)n4C)sc2C)cc1. The van der Waals surface area contributed by atoms with E-state index in [2.05, 4.69) is 15.3 Å². The van der Waals surface area contributed by atoms with Gasteiger partial charge in [0.2, 0.25) is 5.91 Å². The molecule has 0 fully saturated rings. The Morgan fingerprint density at radius 2 is 1.88 bits per heavy atom. The highest BCUT2D eigenvalue weighted by Crippen LogP contribution is 2.31. The van der Waals surface area contributed by atoms with E-state index in [1.165, 1.54) is 40.9 Å². The number of imidazole rings is 1. The molecule has 0 aliphatic carbocycles. The second-order valence-corrected chi connectivity index (χ2v) is 8.38. The van der Waals surface area contributed by atoms with Crippen LogP contribution in [0.15, 0.2) is 40.2 Å². The number of hydrogen-bond acceptors (Lipinski definition) is 7. The lowest BCUT2D eigenvalue weighted by Gasteiger charge is -2.06. The first-order valence-electron chi connectivity index (χ1n) is 9.91. The summed E-state index contributed by atoms with van der Waals surface area (Å²) in [6.45, 7) is 4.33. The van der Waals surface area contributed by atoms with Crippen LogP contribution in [-0.4, -0.2) is 36.2 Å². The molecule has 4 rings (SSSR count). The molecular weight excluding hydrogens is 432 g/mol. The van der Waals surface area contributed by atoms with E-state index in [1.807, 2.05) is 38.1 Å². The van der Waals surface area contributed by atoms with Crippen molar-refractivity contribution in [3.8, 4) is 17.0 Å². The van der Waals surface area contributed by atoms with E-state index in [9.17, 15) is 14.4 Å². The number of thiazole rings is 1. The zero-order valence-corrected chi connectivity index (χ0v) is 18.9. The van der Waals surface area contributed by atoms with Crippen molar-refractivity contribution in [2.45, 2.75) is 20.4 Å². The van der Waals surface area contributed by atoms with Crippen molar-refractivity contribution in [2.24, 2.45) is 14.1 Å². The van der Waals surface area contributed by atoms with Crippen LogP contribution in [0.1, 0.15) is 11.8 Å². The topological polar surface area (TPSA) is 113 Å². The molecule has 1 aromatic carbocycles. The lowest BCUT2D eigenvalue weighted by atomic mass is 10.1. The minimum atomic E-state index is -0.503. The predicted octanol–water partition coefficient (Wildman–Crippen LogP) is 1.90. The van der Waals surface area contributed by atoms with Gasteiger partial charge in [-0.3, -0.25) is 18.7 Å². The summed E-state index contributed by atoms with van der Waals surface area (Å²) in [7, 11) is 2.92. The molecular formula is C21H22N6O4S. The van der Waals surface area contributed by atoms with Gasteiger partial charge in [0, 0.05) is 24.5 Å². The van der Waals surface area contributed by atoms with Gasteiger partial charge in [0.25, 0.3) is 5.56 Å². The summed E-state index contributed by atoms with van der Waals surface area (Å²) in [6, 6.07) is 7.62. The quantitative estimate of drug-likeness (QED) is 0.476. The fourth-order valence-electron chi connectivity index (χ4n) is 3.42. The molecule has 3 aromatic heterocycles. The van der Waals surface area contributed by atoms with Crippen LogP contribution in [0.25, 0.3) is 22.4 Å². The number of aromatic nitrogens is 5. The van der Waals surface area contributed by atoms with E-state index < -0.39 is 11.2 Å². The van der Waals surface area contributed by atoms with Gasteiger partial charge in [0.1, 0.15) is 12.3 Å². The monoisotopic (exact) mass is 454 g/mol. The van der Waals surface area contributed by atoms with E-state index in [0.29, 0.717) is 11.7 Å². The summed E-state index contributed by atoms with van der Waals surface area (Å²) in [5, 5.41) is 3.24. The number of rotatable bonds is 6. The maximum absolute atomic E-state index is 12.7. The van der Waals surface area contributed by atoms with E-state index >= 15 is 0 Å². The van der Waals surface area contributed by atoms with Gasteiger partial charge in [-0.15, -0.1) is 11.3 Å². The van der Waals surface area contributed by atoms with Gasteiger partial charge < -0.3 is 14.6 Å². The average Bonchev–Trinajstić information content (AvgIpc) is 3.34. The zero-order chi connectivity index (χ0) is 23.0. The van der Waals surface area contributed by atoms with Crippen LogP contribution < -0.4 is 21.3 Å². The van der Waals surface area contributed by atoms with Crippen LogP contribution in [-0.2, 0) is 25.4 Å². The van der Waals surface area contributed by atoms with Gasteiger partial charge in [-0.1, -0.05) is 0 Å². The molecule has 0 bridgehead atoms. The maximum atomic E-state index is 12.7. The molecule has 0 saturated carbocycles. The third-order valence-electron chi connectivity index (χ3n) is 5.01. The number of anilines is 1. The van der Waals surface area contributed by atoms with Crippen molar-refractivity contribution in [1.82, 2.24) is 23.7 Å². The molecule has 0 atom stereocenters. The number of hydrogen-bond donors (Lipinski definition) is 1. The average molecular weight is 455 g/mol. The number of carbonyl (C=O) groups is 1. The van der Waals surface area contributed by atoms with Crippen molar-refractivity contribution >= 4 is 33.5 Å². The Bertz CT molecular complexity index is 1430. The first-order valence-corrected chi connectivity index (χ1v) is 10.7. The van der Waals surface area contributed by atoms with Crippen molar-refractivity contribution in [1.29, 1.82) is 0 Å². The summed E-state index contributed by atoms with van der Waals surface area (Å²) >= 11 is 1.37. The van der Waals surface area contributed by atoms with Crippen molar-refractivity contribution in [2.75, 3.05) is 11.9 Å². The van der Waals surface area contributed by atoms with Crippen LogP contribution in [0.4, 0.5) is 5.13 Å². The molecule has 0 radical (unpaired) electrons. The highest BCUT2D eigenvalue weighted by atomic mass is 32.1. The second-order valence-electron chi connectivity index (χ2n) is 7.18. The van der Waals surface area contributed by atoms with E-state index in [1.54, 1.807) is 0 Å². The van der Waals surface area contributed by atoms with Crippen LogP contribution in [0.2, 0.25) is 0 Å². The lowest BCUT2D eigenvalue weighted by Crippen LogP contribution is -2.37. The number of aryl methyl sites for hydroxylation is 2. The predicted molar refractivity (Wildman–Crippen MR) is 122 cm³/mol. The van der Waals surface area contributed by atoms with Crippen LogP contribution >= 0.6 is 11.3 Å². The van der Waals surface area contributed by atoms with Crippen molar-refractivity contribution < 1.29 is 9.53 Å². The molecule has 0 aliphatic heterocycles. The van der Waals surface area contributed by atoms with E-state index in [4.69, 9.17) is 4.74 Å². The zero-order valence-electron chi connectivity index (χ0n) is 18.1. The number of benzene rings is 1. The molecule has 11 heteroatoms. The second kappa shape index (κ2) is 8.42. The Hall–Kier alpha value is -3.73. The minimum Gasteiger partial charge on any atom is -0.494 e. The van der Waals surface area contributed by atoms with Gasteiger partial charge >= 0.3 is 5.69 Å². The highest BCUT2D eigenvalue weighted by molar-refractivity contribution is 7.16. The molecule has 1 amide bonds. The standard InChI is InChI=1S/C21H22N6O4S/c1-5-31-14-8-6-13(7-9-14)16-12(2)32-20(24-16)23-15(28)10-27-11-22-18-17(27)19(29)26(4)21(30)25(18)3/h6-9,11H,5,10H2,1-4H3,(H,23,24,28). The van der Waals surface area contributed by atoms with Crippen LogP contribution in [0.5, 0.6) is 5.75 Å². The fraction of sp³-hybridized carbons (Fsp3) is 0.286. The van der Waals surface area contributed by atoms with E-state index in [0.717, 1.165) is 26.5 Å². The summed E-state index contributed by atoms with van der Waals surface area (Å²) in [4.78, 5) is 46.9. The Morgan fingerprint density at radius 1 is 1.16 bits per heavy atom. The molecule has 3 heterocycles. The number of ether oxygens (including phenoxy) is 1. The smallest absolute Gasteiger partial charge is 0.332 e. The molecule has 0 unspecified atom stereocenters. The van der Waals surface area contributed by atoms with Crippen molar-refractivity contribution in [3.63, 3.8) is 0 Å². The number of nitrogens with zero attached hydrogens (tertiary/aromatic N) is 5. The number of carbonyl (C=O) groups excluding carboxylic acids is 1. The summed E-state index contributed by atoms with van der Waals surface area (Å²) in [6.07, 6.45) is 1.38. The van der Waals surface area contributed by atoms with Crippen LogP contribution in [0.3, 0.4) is 0 Å². The van der Waals surface area contributed by atoms with Gasteiger partial charge in [0.15, 0.2) is 16.3 Å². The molecule has 32 heavy (non-hydrogen) atoms. The third kappa shape index (κ3) is 3.82. The van der Waals surface area contributed by atoms with Gasteiger partial charge in [0.05, 0.1) is 18.6 Å². The Labute approximate surface area is 186 Å². The highest BCUT2D eigenvalue weighted by Gasteiger charge is 2.17. The summed E-state index contributed by atoms with van der Waals surface area (Å²) in [5.74, 6) is 0.432. The first-order chi connectivity index (χ1) is 15.3. The molecule has 1 N–H and O–H groups in total. The summed E-state index contributed by atoms with van der Waals surface area (Å²) < 4.78 is 9.17. The number of fused-ring (bicyclic) bond motifs is 1. The van der Waals surface area contributed by atoms with Gasteiger partial charge in [-0.2, -0.15) is 0 Å². The Kier molecular flexibility index (Phi) is 5.66. The molecule has 4 aromatic rings. The normalized spacial score (nSPS) is 11.1. The van der Waals surface area contributed by atoms with Crippen molar-refractivity contribution in [3.05, 3.63) is 56.3 Å². The Balaban J connectivity index is 1.55. The van der Waals surface area contributed by atoms with Gasteiger partial charge in [-0.25, -0.2) is 14.8 Å². The minimum absolute atomic E-state index is 0.138. The first kappa shape index (κ1) is 21.5. The summed E-state index contributed by atoms with van der Waals surface area (Å²) in [5.41, 5.74) is 1.15. The Morgan fingerprint density at radius 3 is 2.56 bits per heavy atom. The molecule has 0 saturated heterocycles. The molecule has 166 valence electrons. The fourth-order valence-corrected chi connectivity index (χ4v) is 4.28. The number of amides is 1. The maximum Gasteiger partial charge on any atom is 0.332 e. The molecule has 0 spiro atoms. The van der Waals surface area contributed by atoms with E-state index in [-0.39, 0.29) is 23.6 Å². The molecule has 0 aliphatic rings. The van der Waals surface area contributed by atoms with Crippen LogP contribution in [0, 0.1) is 6.92 Å². The largest absolute Gasteiger partial charge is 0.494 e. The molecule has 10 nitrogen and oxygen atoms in total.